The van der Waals surface area contributed by atoms with Gasteiger partial charge in [0.15, 0.2) is 5.60 Å². The second kappa shape index (κ2) is 7.72. The van der Waals surface area contributed by atoms with Crippen molar-refractivity contribution in [3.05, 3.63) is 99.0 Å². The highest BCUT2D eigenvalue weighted by atomic mass is 16.6. The first-order valence-corrected chi connectivity index (χ1v) is 12.2. The maximum absolute atomic E-state index is 13.4. The Labute approximate surface area is 211 Å². The largest absolute Gasteiger partial charge is 0.458 e. The average molecular weight is 491 g/mol. The molecule has 0 bridgehead atoms. The summed E-state index contributed by atoms with van der Waals surface area (Å²) in [6.07, 6.45) is 3.75. The SMILES string of the molecule is CCC1(O)C(=O)OCc2c1cc1n(c2=O)Cc2cc3cc(C4=CN=Cc5ccccc5N4)ccc3nc2-1. The Morgan fingerprint density at radius 3 is 2.86 bits per heavy atom. The fraction of sp³-hybridized carbons (Fsp3) is 0.172. The number of hydrogen-bond acceptors (Lipinski definition) is 7. The van der Waals surface area contributed by atoms with E-state index in [0.717, 1.165) is 39.0 Å². The number of aliphatic imine (C=N–C) groups is 1. The minimum atomic E-state index is -1.84. The molecule has 8 heteroatoms. The monoisotopic (exact) mass is 490 g/mol. The van der Waals surface area contributed by atoms with Crippen LogP contribution in [0.5, 0.6) is 0 Å². The molecule has 182 valence electrons. The molecule has 8 nitrogen and oxygen atoms in total. The van der Waals surface area contributed by atoms with Gasteiger partial charge in [0.2, 0.25) is 0 Å². The van der Waals surface area contributed by atoms with Crippen molar-refractivity contribution in [1.29, 1.82) is 0 Å². The molecular formula is C29H22N4O4. The summed E-state index contributed by atoms with van der Waals surface area (Å²) in [6, 6.07) is 17.8. The molecule has 2 aromatic carbocycles. The van der Waals surface area contributed by atoms with Crippen molar-refractivity contribution in [2.75, 3.05) is 5.32 Å². The number of ether oxygens (including phenoxy) is 1. The first-order chi connectivity index (χ1) is 18.0. The zero-order valence-electron chi connectivity index (χ0n) is 20.0. The number of cyclic esters (lactones) is 1. The van der Waals surface area contributed by atoms with Gasteiger partial charge in [0.25, 0.3) is 5.56 Å². The van der Waals surface area contributed by atoms with Crippen LogP contribution in [0.15, 0.2) is 70.6 Å². The van der Waals surface area contributed by atoms with Crippen LogP contribution in [0.1, 0.15) is 41.2 Å². The molecule has 0 saturated heterocycles. The summed E-state index contributed by atoms with van der Waals surface area (Å²) in [5, 5.41) is 15.5. The molecule has 0 radical (unpaired) electrons. The maximum Gasteiger partial charge on any atom is 0.343 e. The third kappa shape index (κ3) is 3.12. The third-order valence-corrected chi connectivity index (χ3v) is 7.47. The third-order valence-electron chi connectivity index (χ3n) is 7.47. The topological polar surface area (TPSA) is 106 Å². The van der Waals surface area contributed by atoms with E-state index in [-0.39, 0.29) is 18.6 Å². The Bertz CT molecular complexity index is 1790. The molecule has 7 rings (SSSR count). The number of rotatable bonds is 2. The number of hydrogen-bond donors (Lipinski definition) is 2. The Morgan fingerprint density at radius 2 is 2.00 bits per heavy atom. The molecule has 3 aliphatic rings. The lowest BCUT2D eigenvalue weighted by atomic mass is 9.86. The molecule has 0 aliphatic carbocycles. The van der Waals surface area contributed by atoms with Crippen LogP contribution in [0.25, 0.3) is 28.0 Å². The van der Waals surface area contributed by atoms with E-state index in [2.05, 4.69) is 22.4 Å². The molecule has 37 heavy (non-hydrogen) atoms. The van der Waals surface area contributed by atoms with E-state index in [1.54, 1.807) is 23.8 Å². The molecule has 0 fully saturated rings. The van der Waals surface area contributed by atoms with Crippen molar-refractivity contribution in [3.8, 4) is 11.4 Å². The summed E-state index contributed by atoms with van der Waals surface area (Å²) >= 11 is 0. The quantitative estimate of drug-likeness (QED) is 0.364. The van der Waals surface area contributed by atoms with Gasteiger partial charge < -0.3 is 19.7 Å². The fourth-order valence-corrected chi connectivity index (χ4v) is 5.39. The highest BCUT2D eigenvalue weighted by Crippen LogP contribution is 2.39. The molecule has 1 unspecified atom stereocenters. The highest BCUT2D eigenvalue weighted by Gasteiger charge is 2.45. The van der Waals surface area contributed by atoms with Gasteiger partial charge in [0.1, 0.15) is 6.61 Å². The van der Waals surface area contributed by atoms with Gasteiger partial charge in [-0.1, -0.05) is 31.2 Å². The van der Waals surface area contributed by atoms with E-state index >= 15 is 0 Å². The molecule has 5 heterocycles. The van der Waals surface area contributed by atoms with E-state index in [1.165, 1.54) is 0 Å². The van der Waals surface area contributed by atoms with Crippen LogP contribution in [-0.2, 0) is 28.3 Å². The number of esters is 1. The van der Waals surface area contributed by atoms with Gasteiger partial charge in [-0.05, 0) is 36.8 Å². The normalized spacial score (nSPS) is 19.2. The number of nitrogens with one attached hydrogen (secondary N) is 1. The lowest BCUT2D eigenvalue weighted by Crippen LogP contribution is -2.44. The Balaban J connectivity index is 1.32. The van der Waals surface area contributed by atoms with Gasteiger partial charge >= 0.3 is 5.97 Å². The van der Waals surface area contributed by atoms with Crippen LogP contribution in [0.3, 0.4) is 0 Å². The van der Waals surface area contributed by atoms with E-state index < -0.39 is 11.6 Å². The number of aliphatic hydroxyl groups is 1. The maximum atomic E-state index is 13.4. The number of benzene rings is 2. The zero-order valence-corrected chi connectivity index (χ0v) is 20.0. The standard InChI is InChI=1S/C29H22N4O4/c1-2-29(36)21-11-25-26-19(14-33(25)27(34)20(21)15-37-28(29)35)10-18-9-16(7-8-23(18)32-26)24-13-30-12-17-5-3-4-6-22(17)31-24/h3-13,31,36H,2,14-15H2,1H3. The van der Waals surface area contributed by atoms with Gasteiger partial charge in [-0.25, -0.2) is 9.78 Å². The molecule has 2 aromatic heterocycles. The minimum Gasteiger partial charge on any atom is -0.458 e. The van der Waals surface area contributed by atoms with E-state index in [0.29, 0.717) is 29.1 Å². The molecule has 0 spiro atoms. The van der Waals surface area contributed by atoms with Gasteiger partial charge in [-0.2, -0.15) is 0 Å². The molecule has 4 aromatic rings. The average Bonchev–Trinajstić information content (AvgIpc) is 3.12. The lowest BCUT2D eigenvalue weighted by Gasteiger charge is -2.31. The van der Waals surface area contributed by atoms with Crippen LogP contribution in [-0.4, -0.2) is 26.8 Å². The van der Waals surface area contributed by atoms with Crippen LogP contribution in [0.2, 0.25) is 0 Å². The molecule has 0 amide bonds. The van der Waals surface area contributed by atoms with Gasteiger partial charge in [-0.15, -0.1) is 0 Å². The van der Waals surface area contributed by atoms with Crippen molar-refractivity contribution in [1.82, 2.24) is 9.55 Å². The second-order valence-electron chi connectivity index (χ2n) is 9.54. The summed E-state index contributed by atoms with van der Waals surface area (Å²) in [6.45, 7) is 1.92. The number of para-hydroxylation sites is 1. The number of anilines is 1. The van der Waals surface area contributed by atoms with Gasteiger partial charge in [0.05, 0.1) is 40.9 Å². The summed E-state index contributed by atoms with van der Waals surface area (Å²) < 4.78 is 6.80. The van der Waals surface area contributed by atoms with E-state index in [4.69, 9.17) is 9.72 Å². The van der Waals surface area contributed by atoms with Gasteiger partial charge in [-0.3, -0.25) is 9.79 Å². The molecule has 1 atom stereocenters. The summed E-state index contributed by atoms with van der Waals surface area (Å²) in [5.74, 6) is -0.725. The Morgan fingerprint density at radius 1 is 1.14 bits per heavy atom. The van der Waals surface area contributed by atoms with Crippen LogP contribution in [0, 0.1) is 0 Å². The first kappa shape index (κ1) is 21.7. The van der Waals surface area contributed by atoms with Gasteiger partial charge in [0, 0.05) is 39.5 Å². The predicted octanol–water partition coefficient (Wildman–Crippen LogP) is 3.92. The summed E-state index contributed by atoms with van der Waals surface area (Å²) in [5.41, 5.74) is 5.35. The molecular weight excluding hydrogens is 468 g/mol. The van der Waals surface area contributed by atoms with Crippen molar-refractivity contribution in [2.45, 2.75) is 32.1 Å². The number of fused-ring (bicyclic) bond motifs is 6. The number of carbonyl (C=O) groups excluding carboxylic acids is 1. The summed E-state index contributed by atoms with van der Waals surface area (Å²) in [7, 11) is 0. The van der Waals surface area contributed by atoms with Crippen molar-refractivity contribution in [2.24, 2.45) is 4.99 Å². The second-order valence-corrected chi connectivity index (χ2v) is 9.54. The Kier molecular flexibility index (Phi) is 4.53. The van der Waals surface area contributed by atoms with Crippen LogP contribution in [0.4, 0.5) is 5.69 Å². The molecule has 0 saturated carbocycles. The van der Waals surface area contributed by atoms with Crippen LogP contribution < -0.4 is 10.9 Å². The fourth-order valence-electron chi connectivity index (χ4n) is 5.39. The number of pyridine rings is 2. The van der Waals surface area contributed by atoms with Crippen molar-refractivity contribution in [3.63, 3.8) is 0 Å². The van der Waals surface area contributed by atoms with E-state index in [9.17, 15) is 14.7 Å². The number of nitrogens with zero attached hydrogens (tertiary/aromatic N) is 3. The molecule has 2 N–H and O–H groups in total. The number of aromatic nitrogens is 2. The highest BCUT2D eigenvalue weighted by molar-refractivity contribution is 5.95. The molecule has 3 aliphatic heterocycles. The van der Waals surface area contributed by atoms with E-state index in [1.807, 2.05) is 42.6 Å². The van der Waals surface area contributed by atoms with Crippen molar-refractivity contribution < 1.29 is 14.6 Å². The zero-order chi connectivity index (χ0) is 25.3. The van der Waals surface area contributed by atoms with Crippen LogP contribution >= 0.6 is 0 Å². The predicted molar refractivity (Wildman–Crippen MR) is 140 cm³/mol. The minimum absolute atomic E-state index is 0.112. The summed E-state index contributed by atoms with van der Waals surface area (Å²) in [4.78, 5) is 35.1. The Hall–Kier alpha value is -4.56. The lowest BCUT2D eigenvalue weighted by molar-refractivity contribution is -0.172. The first-order valence-electron chi connectivity index (χ1n) is 12.2. The van der Waals surface area contributed by atoms with Crippen molar-refractivity contribution >= 4 is 34.5 Å². The smallest absolute Gasteiger partial charge is 0.343 e. The number of carbonyl (C=O) groups is 1.